The van der Waals surface area contributed by atoms with Crippen molar-refractivity contribution in [2.75, 3.05) is 33.0 Å². The van der Waals surface area contributed by atoms with Gasteiger partial charge in [-0.05, 0) is 148 Å². The van der Waals surface area contributed by atoms with Gasteiger partial charge in [0.2, 0.25) is 23.5 Å². The van der Waals surface area contributed by atoms with Gasteiger partial charge in [0.15, 0.2) is 19.8 Å². The van der Waals surface area contributed by atoms with Crippen LogP contribution in [0.3, 0.4) is 0 Å². The fourth-order valence-electron chi connectivity index (χ4n) is 13.2. The number of halogens is 12. The van der Waals surface area contributed by atoms with Crippen LogP contribution in [0.2, 0.25) is 0 Å². The number of primary amides is 2. The second-order valence-corrected chi connectivity index (χ2v) is 29.8. The normalized spacial score (nSPS) is 10.5. The van der Waals surface area contributed by atoms with Crippen molar-refractivity contribution in [2.24, 2.45) is 16.6 Å². The number of ketones is 2. The zero-order valence-corrected chi connectivity index (χ0v) is 82.9. The van der Waals surface area contributed by atoms with E-state index in [1.807, 2.05) is 175 Å². The van der Waals surface area contributed by atoms with Crippen molar-refractivity contribution >= 4 is 121 Å². The van der Waals surface area contributed by atoms with Gasteiger partial charge in [0.25, 0.3) is 28.9 Å². The minimum absolute atomic E-state index is 0. The van der Waals surface area contributed by atoms with Gasteiger partial charge in [-0.1, -0.05) is 152 Å². The summed E-state index contributed by atoms with van der Waals surface area (Å²) in [6.45, 7) is 15.6. The molecule has 0 atom stereocenters. The number of azide groups is 1. The molecule has 0 saturated carbocycles. The number of carboxylic acids is 5. The van der Waals surface area contributed by atoms with Crippen LogP contribution < -0.4 is 37.4 Å². The molecule has 0 aliphatic rings. The molecule has 150 heavy (non-hydrogen) atoms. The van der Waals surface area contributed by atoms with Gasteiger partial charge in [0.1, 0.15) is 0 Å². The Bertz CT molecular complexity index is 7000. The number of hydrogen-bond acceptors (Lipinski definition) is 22. The molecule has 5 aromatic carbocycles. The van der Waals surface area contributed by atoms with Gasteiger partial charge in [-0.3, -0.25) is 28.8 Å². The molecule has 804 valence electrons. The number of rotatable bonds is 27. The Kier molecular flexibility index (Phi) is 52.3. The summed E-state index contributed by atoms with van der Waals surface area (Å²) >= 11 is 0. The van der Waals surface area contributed by atoms with Crippen LogP contribution in [-0.4, -0.2) is 203 Å². The number of alkyl halides is 12. The number of nitrogens with one attached hydrogen (secondary N) is 1. The number of esters is 2. The van der Waals surface area contributed by atoms with Crippen LogP contribution in [0.1, 0.15) is 96.5 Å². The van der Waals surface area contributed by atoms with E-state index in [0.717, 1.165) is 75.3 Å². The van der Waals surface area contributed by atoms with E-state index in [9.17, 15) is 95.8 Å². The summed E-state index contributed by atoms with van der Waals surface area (Å²) in [6, 6.07) is 65.0. The van der Waals surface area contributed by atoms with Gasteiger partial charge in [0.05, 0.1) is 68.0 Å². The third kappa shape index (κ3) is 39.4. The van der Waals surface area contributed by atoms with E-state index in [1.165, 1.54) is 35.2 Å². The third-order valence-corrected chi connectivity index (χ3v) is 19.6. The molecule has 9 heterocycles. The van der Waals surface area contributed by atoms with Crippen molar-refractivity contribution in [3.8, 4) is 17.6 Å². The number of hydrogen-bond donors (Lipinski definition) is 9. The molecular formula is C97H95F12N15O24Rh2. The van der Waals surface area contributed by atoms with E-state index in [1.54, 1.807) is 58.3 Å². The Morgan fingerprint density at radius 1 is 0.420 bits per heavy atom. The van der Waals surface area contributed by atoms with Crippen LogP contribution in [0.15, 0.2) is 241 Å². The van der Waals surface area contributed by atoms with Crippen molar-refractivity contribution in [1.82, 2.24) is 48.9 Å². The summed E-state index contributed by atoms with van der Waals surface area (Å²) in [5.74, 6) is -17.2. The van der Waals surface area contributed by atoms with E-state index in [0.29, 0.717) is 53.4 Å². The number of nitrogens with two attached hydrogens (primary N) is 2. The molecule has 0 saturated heterocycles. The number of carboxylic acid groups (broad SMARTS) is 5. The number of ether oxygens (including phenoxy) is 5. The van der Waals surface area contributed by atoms with Crippen LogP contribution in [-0.2, 0) is 129 Å². The van der Waals surface area contributed by atoms with Gasteiger partial charge in [-0.15, -0.1) is 0 Å². The number of aryl methyl sites for hydroxylation is 3. The van der Waals surface area contributed by atoms with Crippen LogP contribution in [0, 0.1) is 34.6 Å². The molecular weight excluding hydrogens is 2190 g/mol. The molecule has 0 aliphatic carbocycles. The maximum atomic E-state index is 12.6. The number of aromatic amines is 1. The number of fused-ring (bicyclic) bond motifs is 4. The number of carbonyl (C=O) groups is 12. The maximum Gasteiger partial charge on any atom is 0.490 e. The van der Waals surface area contributed by atoms with Gasteiger partial charge < -0.3 is 100 Å². The Labute approximate surface area is 867 Å². The summed E-state index contributed by atoms with van der Waals surface area (Å²) in [6.07, 6.45) is -11.0. The fourth-order valence-corrected chi connectivity index (χ4v) is 13.2. The summed E-state index contributed by atoms with van der Waals surface area (Å²) in [4.78, 5) is 158. The average Bonchev–Trinajstić information content (AvgIpc) is 1.57. The largest absolute Gasteiger partial charge is 0.490 e. The minimum Gasteiger partial charge on any atom is -0.479 e. The number of nitrogens with zero attached hydrogens (tertiary/aromatic N) is 11. The van der Waals surface area contributed by atoms with Crippen LogP contribution >= 0.6 is 0 Å². The molecule has 39 nitrogen and oxygen atoms in total. The maximum absolute atomic E-state index is 12.6. The van der Waals surface area contributed by atoms with E-state index < -0.39 is 102 Å². The minimum atomic E-state index is -5.08. The second kappa shape index (κ2) is 60.8. The Balaban J connectivity index is 0.000000594. The fraction of sp³-hybridized carbons (Fsp3) is 0.216. The SMILES string of the molecule is CCOC(=O)COc1nccc2c1c(C(=O)C(N)=O)c(C)n2Cc1ccccc1.CCOC(=O)COc1nccc2c1cc(C)n2Cc1ccccc1.Cc1c(C(=O)C(N)=O)c2c(OCC(=O)O)nccc2n1Cc1ccccc1.Cc1cc2c(=O)[nH]ccc2n1Cc1ccccc1.Cc1ccc(/C=C/C(=O)N=[N+]=[N-])n1Cc1ccccc1.N.O.O=C(O)C(F)(F)F.O=C(O)C(F)(F)F.O=C(O)C(F)(F)F.O=C(O)C(F)(F)F.[Rh].[Rh]. The van der Waals surface area contributed by atoms with Crippen LogP contribution in [0.25, 0.3) is 60.1 Å². The summed E-state index contributed by atoms with van der Waals surface area (Å²) < 4.78 is 163. The Morgan fingerprint density at radius 2 is 0.720 bits per heavy atom. The zero-order chi connectivity index (χ0) is 109. The average molecular weight is 2290 g/mol. The second-order valence-electron chi connectivity index (χ2n) is 29.8. The summed E-state index contributed by atoms with van der Waals surface area (Å²) in [5, 5.41) is 42.6. The molecule has 14 aromatic rings. The number of Topliss-reactive ketones (excluding diaryl/α,β-unsaturated/α-hetero) is 2. The predicted octanol–water partition coefficient (Wildman–Crippen LogP) is 15.1. The summed E-state index contributed by atoms with van der Waals surface area (Å²) in [5.41, 5.74) is 33.0. The van der Waals surface area contributed by atoms with Gasteiger partial charge >= 0.3 is 66.5 Å². The number of benzene rings is 5. The first-order valence-electron chi connectivity index (χ1n) is 42.3. The monoisotopic (exact) mass is 2290 g/mol. The van der Waals surface area contributed by atoms with E-state index in [2.05, 4.69) is 87.0 Å². The van der Waals surface area contributed by atoms with E-state index >= 15 is 0 Å². The van der Waals surface area contributed by atoms with E-state index in [4.69, 9.17) is 85.4 Å². The predicted molar refractivity (Wildman–Crippen MR) is 509 cm³/mol. The number of carbonyl (C=O) groups excluding carboxylic acids is 7. The van der Waals surface area contributed by atoms with Crippen molar-refractivity contribution in [3.05, 3.63) is 325 Å². The van der Waals surface area contributed by atoms with Crippen molar-refractivity contribution in [1.29, 1.82) is 0 Å². The Morgan fingerprint density at radius 3 is 1.04 bits per heavy atom. The molecule has 0 unspecified atom stereocenters. The molecule has 0 bridgehead atoms. The molecule has 14 rings (SSSR count). The number of aliphatic carboxylic acids is 5. The molecule has 0 aliphatic heterocycles. The number of pyridine rings is 4. The number of H-pyrrole nitrogens is 1. The first-order chi connectivity index (χ1) is 68.7. The molecule has 9 aromatic heterocycles. The zero-order valence-electron chi connectivity index (χ0n) is 79.7. The van der Waals surface area contributed by atoms with Crippen LogP contribution in [0.5, 0.6) is 17.6 Å². The van der Waals surface area contributed by atoms with Crippen molar-refractivity contribution in [2.45, 2.75) is 106 Å². The smallest absolute Gasteiger partial charge is 0.479 e. The first-order valence-corrected chi connectivity index (χ1v) is 42.3. The standard InChI is InChI=1S/C21H21N3O5.C19H17N3O5.C19H20N2O3.C15H14N4O.C15H14N2O.4C2HF3O2.H3N.H2O.2Rh/c1-3-28-16(25)12-29-21-18-15(9-10-23-21)24(11-14-7-5-4-6-8-14)13(2)17(18)19(26)20(22)27;1-11-15(17(25)18(20)26)16-13(7-8-21-19(16)27-10-14(23)24)22(11)9-12-5-3-2-4-6-12;1-3-23-18(22)13-24-19-16-11-14(2)21(17(16)9-10-20-19)12-15-7-5-4-6-8-15;1-12-7-8-14(9-10-15(20)17-18-16)19(12)11-13-5-3-2-4-6-13;1-11-9-13-14(7-8-16-15(13)18)17(11)10-12-5-3-2-4-6-12;4*3-2(4,5)1(6)7;;;;/h4-10H,3,11-12H2,1-2H3,(H2,22,27);2-8H,9-10H2,1H3,(H2,20,26)(H,23,24);4-11H,3,12-13H2,1-2H3;2-10H,11H2,1H3;2-9H,10H2,1H3,(H,16,18);4*(H,6,7);1H3;1H2;;/b;;;10-9+;;;;;;;;;. The molecule has 53 heteroatoms. The van der Waals surface area contributed by atoms with Gasteiger partial charge in [-0.25, -0.2) is 48.5 Å². The van der Waals surface area contributed by atoms with Crippen molar-refractivity contribution in [3.63, 3.8) is 0 Å². The van der Waals surface area contributed by atoms with Gasteiger partial charge in [0, 0.05) is 136 Å². The molecule has 15 N–H and O–H groups in total. The molecule has 2 radical (unpaired) electrons. The van der Waals surface area contributed by atoms with E-state index in [-0.39, 0.29) is 104 Å². The Hall–Kier alpha value is -17.0. The summed E-state index contributed by atoms with van der Waals surface area (Å²) in [7, 11) is 0. The number of amides is 3. The quantitative estimate of drug-likeness (QED) is 0.00266. The van der Waals surface area contributed by atoms with Crippen LogP contribution in [0.4, 0.5) is 52.7 Å². The van der Waals surface area contributed by atoms with Crippen molar-refractivity contribution < 1.29 is 204 Å². The first kappa shape index (κ1) is 129. The molecule has 0 spiro atoms. The molecule has 0 fully saturated rings. The molecule has 3 amide bonds. The van der Waals surface area contributed by atoms with Gasteiger partial charge in [-0.2, -0.15) is 52.7 Å². The topological polar surface area (TPSA) is 616 Å². The number of aromatic nitrogens is 9. The third-order valence-electron chi connectivity index (χ3n) is 19.6.